The minimum absolute atomic E-state index is 0.0965. The lowest BCUT2D eigenvalue weighted by molar-refractivity contribution is -0.147. The first-order valence-corrected chi connectivity index (χ1v) is 7.76. The summed E-state index contributed by atoms with van der Waals surface area (Å²) in [5, 5.41) is 6.56. The molecule has 0 spiro atoms. The summed E-state index contributed by atoms with van der Waals surface area (Å²) >= 11 is 5.15. The fourth-order valence-electron chi connectivity index (χ4n) is 2.62. The minimum Gasteiger partial charge on any atom is -0.465 e. The zero-order valence-corrected chi connectivity index (χ0v) is 13.5. The molecule has 0 amide bonds. The summed E-state index contributed by atoms with van der Waals surface area (Å²) in [6.45, 7) is 3.93. The van der Waals surface area contributed by atoms with Crippen LogP contribution >= 0.6 is 12.2 Å². The number of Topliss-reactive ketones (excluding diaryl/α,β-unsaturated/α-hetero) is 1. The second kappa shape index (κ2) is 7.35. The van der Waals surface area contributed by atoms with Crippen molar-refractivity contribution < 1.29 is 14.3 Å². The van der Waals surface area contributed by atoms with Gasteiger partial charge < -0.3 is 15.4 Å². The molecular formula is C16H20N2O3S. The normalized spacial score (nSPS) is 22.2. The van der Waals surface area contributed by atoms with Crippen molar-refractivity contribution in [2.24, 2.45) is 5.92 Å². The first kappa shape index (κ1) is 16.4. The maximum Gasteiger partial charge on any atom is 0.318 e. The van der Waals surface area contributed by atoms with E-state index in [1.54, 1.807) is 31.2 Å². The lowest BCUT2D eigenvalue weighted by atomic mass is 9.86. The van der Waals surface area contributed by atoms with Crippen LogP contribution in [-0.2, 0) is 9.53 Å². The zero-order chi connectivity index (χ0) is 16.1. The highest BCUT2D eigenvalue weighted by Crippen LogP contribution is 2.20. The molecule has 1 aliphatic heterocycles. The van der Waals surface area contributed by atoms with Gasteiger partial charge in [0.05, 0.1) is 12.6 Å². The molecule has 118 valence electrons. The average molecular weight is 320 g/mol. The van der Waals surface area contributed by atoms with Gasteiger partial charge in [0.2, 0.25) is 0 Å². The number of rotatable bonds is 5. The van der Waals surface area contributed by atoms with Gasteiger partial charge in [-0.3, -0.25) is 9.59 Å². The van der Waals surface area contributed by atoms with Crippen molar-refractivity contribution in [3.05, 3.63) is 35.9 Å². The number of carbonyl (C=O) groups excluding carboxylic acids is 2. The van der Waals surface area contributed by atoms with E-state index < -0.39 is 11.9 Å². The number of thiocarbonyl (C=S) groups is 1. The Balaban J connectivity index is 2.28. The van der Waals surface area contributed by atoms with E-state index in [2.05, 4.69) is 10.6 Å². The van der Waals surface area contributed by atoms with Crippen LogP contribution in [0.25, 0.3) is 0 Å². The number of hydrogen-bond acceptors (Lipinski definition) is 4. The molecule has 6 heteroatoms. The van der Waals surface area contributed by atoms with E-state index in [-0.39, 0.29) is 24.5 Å². The Morgan fingerprint density at radius 2 is 2.00 bits per heavy atom. The molecule has 1 aliphatic rings. The summed E-state index contributed by atoms with van der Waals surface area (Å²) in [4.78, 5) is 25.1. The van der Waals surface area contributed by atoms with Crippen LogP contribution in [0.15, 0.2) is 30.3 Å². The lowest BCUT2D eigenvalue weighted by Gasteiger charge is -2.34. The molecule has 1 fully saturated rings. The number of carbonyl (C=O) groups is 2. The SMILES string of the molecule is CCOC(=O)[C@H](C(=O)c1ccccc1)[C@H]1C[C@H](C)NC(=S)N1. The van der Waals surface area contributed by atoms with Crippen molar-refractivity contribution in [2.45, 2.75) is 32.4 Å². The molecule has 0 radical (unpaired) electrons. The standard InChI is InChI=1S/C16H20N2O3S/c1-3-21-15(20)13(12-9-10(2)17-16(22)18-12)14(19)11-7-5-4-6-8-11/h4-8,10,12-13H,3,9H2,1-2H3,(H2,17,18,22)/t10-,12+,13-/m0/s1. The molecule has 2 N–H and O–H groups in total. The summed E-state index contributed by atoms with van der Waals surface area (Å²) in [5.74, 6) is -1.65. The van der Waals surface area contributed by atoms with Crippen molar-refractivity contribution >= 4 is 29.1 Å². The van der Waals surface area contributed by atoms with Crippen LogP contribution in [-0.4, -0.2) is 35.6 Å². The van der Waals surface area contributed by atoms with E-state index in [1.807, 2.05) is 13.0 Å². The van der Waals surface area contributed by atoms with Crippen LogP contribution in [0.3, 0.4) is 0 Å². The number of nitrogens with one attached hydrogen (secondary N) is 2. The summed E-state index contributed by atoms with van der Waals surface area (Å²) in [5.41, 5.74) is 0.499. The van der Waals surface area contributed by atoms with Crippen molar-refractivity contribution in [3.63, 3.8) is 0 Å². The summed E-state index contributed by atoms with van der Waals surface area (Å²) < 4.78 is 5.11. The fraction of sp³-hybridized carbons (Fsp3) is 0.438. The van der Waals surface area contributed by atoms with Crippen molar-refractivity contribution in [2.75, 3.05) is 6.61 Å². The third kappa shape index (κ3) is 3.82. The van der Waals surface area contributed by atoms with Crippen molar-refractivity contribution in [1.29, 1.82) is 0 Å². The molecule has 1 heterocycles. The van der Waals surface area contributed by atoms with Gasteiger partial charge in [-0.1, -0.05) is 30.3 Å². The molecule has 1 aromatic carbocycles. The Morgan fingerprint density at radius 1 is 1.32 bits per heavy atom. The van der Waals surface area contributed by atoms with E-state index in [1.165, 1.54) is 0 Å². The van der Waals surface area contributed by atoms with Crippen LogP contribution in [0.4, 0.5) is 0 Å². The first-order chi connectivity index (χ1) is 10.5. The number of esters is 1. The Morgan fingerprint density at radius 3 is 2.59 bits per heavy atom. The van der Waals surface area contributed by atoms with Crippen LogP contribution in [0.1, 0.15) is 30.6 Å². The molecule has 1 aromatic rings. The van der Waals surface area contributed by atoms with Crippen LogP contribution in [0, 0.1) is 5.92 Å². The predicted octanol–water partition coefficient (Wildman–Crippen LogP) is 1.67. The predicted molar refractivity (Wildman–Crippen MR) is 87.6 cm³/mol. The molecule has 2 rings (SSSR count). The van der Waals surface area contributed by atoms with Gasteiger partial charge >= 0.3 is 5.97 Å². The largest absolute Gasteiger partial charge is 0.465 e. The van der Waals surface area contributed by atoms with Gasteiger partial charge in [-0.25, -0.2) is 0 Å². The van der Waals surface area contributed by atoms with Crippen LogP contribution in [0.5, 0.6) is 0 Å². The number of benzene rings is 1. The van der Waals surface area contributed by atoms with Gasteiger partial charge in [-0.15, -0.1) is 0 Å². The van der Waals surface area contributed by atoms with E-state index in [4.69, 9.17) is 17.0 Å². The van der Waals surface area contributed by atoms with Gasteiger partial charge in [-0.05, 0) is 32.5 Å². The second-order valence-electron chi connectivity index (χ2n) is 5.32. The highest BCUT2D eigenvalue weighted by atomic mass is 32.1. The summed E-state index contributed by atoms with van der Waals surface area (Å²) in [6, 6.07) is 8.52. The molecule has 5 nitrogen and oxygen atoms in total. The number of ketones is 1. The molecule has 0 bridgehead atoms. The third-order valence-corrected chi connectivity index (χ3v) is 3.82. The van der Waals surface area contributed by atoms with Gasteiger partial charge in [0.15, 0.2) is 10.9 Å². The third-order valence-electron chi connectivity index (χ3n) is 3.59. The molecule has 0 aromatic heterocycles. The molecular weight excluding hydrogens is 300 g/mol. The molecule has 22 heavy (non-hydrogen) atoms. The van der Waals surface area contributed by atoms with Crippen molar-refractivity contribution in [1.82, 2.24) is 10.6 Å². The maximum atomic E-state index is 12.8. The fourth-order valence-corrected chi connectivity index (χ4v) is 2.97. The summed E-state index contributed by atoms with van der Waals surface area (Å²) in [6.07, 6.45) is 0.613. The highest BCUT2D eigenvalue weighted by Gasteiger charge is 2.39. The molecule has 1 saturated heterocycles. The average Bonchev–Trinajstić information content (AvgIpc) is 2.47. The Labute approximate surface area is 135 Å². The summed E-state index contributed by atoms with van der Waals surface area (Å²) in [7, 11) is 0. The van der Waals surface area contributed by atoms with Crippen LogP contribution < -0.4 is 10.6 Å². The quantitative estimate of drug-likeness (QED) is 0.372. The number of hydrogen-bond donors (Lipinski definition) is 2. The minimum atomic E-state index is -0.898. The van der Waals surface area contributed by atoms with E-state index in [0.717, 1.165) is 0 Å². The van der Waals surface area contributed by atoms with Gasteiger partial charge in [0.1, 0.15) is 5.92 Å². The van der Waals surface area contributed by atoms with E-state index >= 15 is 0 Å². The smallest absolute Gasteiger partial charge is 0.318 e. The lowest BCUT2D eigenvalue weighted by Crippen LogP contribution is -2.58. The maximum absolute atomic E-state index is 12.8. The molecule has 0 unspecified atom stereocenters. The Kier molecular flexibility index (Phi) is 5.49. The van der Waals surface area contributed by atoms with Crippen molar-refractivity contribution in [3.8, 4) is 0 Å². The first-order valence-electron chi connectivity index (χ1n) is 7.35. The highest BCUT2D eigenvalue weighted by molar-refractivity contribution is 7.80. The van der Waals surface area contributed by atoms with Gasteiger partial charge in [0.25, 0.3) is 0 Å². The van der Waals surface area contributed by atoms with E-state index in [9.17, 15) is 9.59 Å². The molecule has 0 aliphatic carbocycles. The number of ether oxygens (including phenoxy) is 1. The van der Waals surface area contributed by atoms with Crippen LogP contribution in [0.2, 0.25) is 0 Å². The second-order valence-corrected chi connectivity index (χ2v) is 5.73. The molecule has 3 atom stereocenters. The van der Waals surface area contributed by atoms with Gasteiger partial charge in [0, 0.05) is 11.6 Å². The molecule has 0 saturated carbocycles. The Bertz CT molecular complexity index is 562. The topological polar surface area (TPSA) is 67.4 Å². The van der Waals surface area contributed by atoms with E-state index in [0.29, 0.717) is 17.1 Å². The van der Waals surface area contributed by atoms with Gasteiger partial charge in [-0.2, -0.15) is 0 Å². The zero-order valence-electron chi connectivity index (χ0n) is 12.7. The monoisotopic (exact) mass is 320 g/mol. The Hall–Kier alpha value is -1.95.